The first-order valence-electron chi connectivity index (χ1n) is 10.9. The quantitative estimate of drug-likeness (QED) is 0.469. The van der Waals surface area contributed by atoms with Crippen LogP contribution in [0, 0.1) is 6.92 Å². The number of amides is 1. The van der Waals surface area contributed by atoms with Gasteiger partial charge in [-0.25, -0.2) is 8.42 Å². The van der Waals surface area contributed by atoms with Crippen molar-refractivity contribution in [3.63, 3.8) is 0 Å². The summed E-state index contributed by atoms with van der Waals surface area (Å²) in [5, 5.41) is 2.85. The fourth-order valence-electron chi connectivity index (χ4n) is 3.51. The molecule has 3 aromatic carbocycles. The zero-order chi connectivity index (χ0) is 23.7. The molecule has 0 atom stereocenters. The smallest absolute Gasteiger partial charge is 0.247 e. The molecule has 0 fully saturated rings. The average molecular weight is 467 g/mol. The summed E-state index contributed by atoms with van der Waals surface area (Å²) in [5.74, 6) is -0.0796. The van der Waals surface area contributed by atoms with Crippen LogP contribution in [-0.4, -0.2) is 45.4 Å². The highest BCUT2D eigenvalue weighted by molar-refractivity contribution is 7.89. The Kier molecular flexibility index (Phi) is 8.63. The maximum atomic E-state index is 13.6. The minimum atomic E-state index is -3.96. The molecule has 7 heteroatoms. The number of hydrogen-bond acceptors (Lipinski definition) is 4. The molecule has 1 amide bonds. The minimum Gasteiger partial charge on any atom is -0.495 e. The lowest BCUT2D eigenvalue weighted by molar-refractivity contribution is -0.121. The first-order chi connectivity index (χ1) is 15.9. The Morgan fingerprint density at radius 3 is 2.12 bits per heavy atom. The molecule has 0 aliphatic heterocycles. The van der Waals surface area contributed by atoms with Crippen LogP contribution in [0.15, 0.2) is 83.8 Å². The molecule has 1 N–H and O–H groups in total. The molecule has 0 aromatic heterocycles. The molecule has 6 nitrogen and oxygen atoms in total. The van der Waals surface area contributed by atoms with E-state index in [2.05, 4.69) is 5.32 Å². The Morgan fingerprint density at radius 2 is 1.52 bits per heavy atom. The summed E-state index contributed by atoms with van der Waals surface area (Å²) in [4.78, 5) is 12.8. The second kappa shape index (κ2) is 11.6. The second-order valence-corrected chi connectivity index (χ2v) is 9.72. The zero-order valence-electron chi connectivity index (χ0n) is 19.0. The molecule has 0 unspecified atom stereocenters. The Balaban J connectivity index is 1.76. The number of benzene rings is 3. The predicted octanol–water partition coefficient (Wildman–Crippen LogP) is 3.60. The third kappa shape index (κ3) is 6.91. The van der Waals surface area contributed by atoms with Gasteiger partial charge in [-0.1, -0.05) is 66.7 Å². The summed E-state index contributed by atoms with van der Waals surface area (Å²) in [6.45, 7) is 2.17. The van der Waals surface area contributed by atoms with Crippen LogP contribution >= 0.6 is 0 Å². The first kappa shape index (κ1) is 24.5. The van der Waals surface area contributed by atoms with Crippen LogP contribution in [0.25, 0.3) is 0 Å². The van der Waals surface area contributed by atoms with E-state index >= 15 is 0 Å². The molecule has 33 heavy (non-hydrogen) atoms. The lowest BCUT2D eigenvalue weighted by Gasteiger charge is -2.23. The number of nitrogens with one attached hydrogen (secondary N) is 1. The van der Waals surface area contributed by atoms with Crippen molar-refractivity contribution in [2.24, 2.45) is 0 Å². The number of methoxy groups -OCH3 is 1. The van der Waals surface area contributed by atoms with Gasteiger partial charge >= 0.3 is 0 Å². The van der Waals surface area contributed by atoms with Crippen molar-refractivity contribution < 1.29 is 17.9 Å². The minimum absolute atomic E-state index is 0.0650. The highest BCUT2D eigenvalue weighted by Gasteiger charge is 2.29. The Morgan fingerprint density at radius 1 is 0.909 bits per heavy atom. The van der Waals surface area contributed by atoms with Crippen molar-refractivity contribution >= 4 is 15.9 Å². The Labute approximate surface area is 196 Å². The second-order valence-electron chi connectivity index (χ2n) is 7.81. The number of sulfonamides is 1. The molecule has 0 aliphatic carbocycles. The molecule has 3 rings (SSSR count). The Hall–Kier alpha value is -3.16. The van der Waals surface area contributed by atoms with Crippen LogP contribution in [-0.2, 0) is 27.7 Å². The zero-order valence-corrected chi connectivity index (χ0v) is 19.8. The summed E-state index contributed by atoms with van der Waals surface area (Å²) < 4.78 is 33.7. The van der Waals surface area contributed by atoms with E-state index in [0.29, 0.717) is 19.4 Å². The van der Waals surface area contributed by atoms with Gasteiger partial charge < -0.3 is 10.1 Å². The number of carbonyl (C=O) groups excluding carboxylic acids is 1. The van der Waals surface area contributed by atoms with Gasteiger partial charge in [0.2, 0.25) is 15.9 Å². The van der Waals surface area contributed by atoms with Crippen molar-refractivity contribution in [2.75, 3.05) is 26.7 Å². The average Bonchev–Trinajstić information content (AvgIpc) is 2.83. The number of carbonyl (C=O) groups is 1. The summed E-state index contributed by atoms with van der Waals surface area (Å²) in [6, 6.07) is 24.5. The summed E-state index contributed by atoms with van der Waals surface area (Å²) >= 11 is 0. The van der Waals surface area contributed by atoms with E-state index in [-0.39, 0.29) is 29.6 Å². The van der Waals surface area contributed by atoms with E-state index in [1.165, 1.54) is 11.4 Å². The van der Waals surface area contributed by atoms with Gasteiger partial charge in [0.25, 0.3) is 0 Å². The summed E-state index contributed by atoms with van der Waals surface area (Å²) in [6.07, 6.45) is 1.17. The van der Waals surface area contributed by atoms with E-state index < -0.39 is 10.0 Å². The fraction of sp³-hybridized carbons (Fsp3) is 0.269. The topological polar surface area (TPSA) is 75.7 Å². The van der Waals surface area contributed by atoms with E-state index in [9.17, 15) is 13.2 Å². The highest BCUT2D eigenvalue weighted by atomic mass is 32.2. The molecule has 0 heterocycles. The fourth-order valence-corrected chi connectivity index (χ4v) is 5.15. The van der Waals surface area contributed by atoms with E-state index in [4.69, 9.17) is 4.74 Å². The van der Waals surface area contributed by atoms with Crippen molar-refractivity contribution in [3.05, 3.63) is 95.6 Å². The predicted molar refractivity (Wildman–Crippen MR) is 130 cm³/mol. The van der Waals surface area contributed by atoms with Crippen molar-refractivity contribution in [1.82, 2.24) is 9.62 Å². The largest absolute Gasteiger partial charge is 0.495 e. The first-order valence-corrected chi connectivity index (χ1v) is 12.3. The molecular formula is C26H30N2O4S. The summed E-state index contributed by atoms with van der Waals surface area (Å²) in [5.41, 5.74) is 2.90. The standard InChI is InChI=1S/C26H30N2O4S/c1-21-13-14-24(32-2)25(19-21)33(30,31)28(18-16-23-11-7-4-8-12-23)20-26(29)27-17-15-22-9-5-3-6-10-22/h3-14,19H,15-18,20H2,1-2H3,(H,27,29). The van der Waals surface area contributed by atoms with Crippen LogP contribution in [0.4, 0.5) is 0 Å². The lowest BCUT2D eigenvalue weighted by Crippen LogP contribution is -2.42. The van der Waals surface area contributed by atoms with Crippen LogP contribution < -0.4 is 10.1 Å². The monoisotopic (exact) mass is 466 g/mol. The van der Waals surface area contributed by atoms with Crippen LogP contribution in [0.5, 0.6) is 5.75 Å². The van der Waals surface area contributed by atoms with Gasteiger partial charge in [-0.2, -0.15) is 4.31 Å². The third-order valence-corrected chi connectivity index (χ3v) is 7.19. The molecule has 0 saturated carbocycles. The molecule has 0 radical (unpaired) electrons. The molecule has 174 valence electrons. The van der Waals surface area contributed by atoms with Crippen LogP contribution in [0.1, 0.15) is 16.7 Å². The summed E-state index contributed by atoms with van der Waals surface area (Å²) in [7, 11) is -2.52. The lowest BCUT2D eigenvalue weighted by atomic mass is 10.1. The molecule has 0 bridgehead atoms. The maximum absolute atomic E-state index is 13.6. The maximum Gasteiger partial charge on any atom is 0.247 e. The number of hydrogen-bond donors (Lipinski definition) is 1. The third-order valence-electron chi connectivity index (χ3n) is 5.33. The van der Waals surface area contributed by atoms with Crippen LogP contribution in [0.2, 0.25) is 0 Å². The van der Waals surface area contributed by atoms with Gasteiger partial charge in [-0.3, -0.25) is 4.79 Å². The van der Waals surface area contributed by atoms with Gasteiger partial charge in [0, 0.05) is 13.1 Å². The number of ether oxygens (including phenoxy) is 1. The van der Waals surface area contributed by atoms with Gasteiger partial charge in [0.05, 0.1) is 13.7 Å². The van der Waals surface area contributed by atoms with Crippen LogP contribution in [0.3, 0.4) is 0 Å². The van der Waals surface area contributed by atoms with Gasteiger partial charge in [0.1, 0.15) is 10.6 Å². The number of aryl methyl sites for hydroxylation is 1. The van der Waals surface area contributed by atoms with E-state index in [1.54, 1.807) is 18.2 Å². The van der Waals surface area contributed by atoms with E-state index in [0.717, 1.165) is 16.7 Å². The normalized spacial score (nSPS) is 11.4. The Bertz CT molecular complexity index is 1150. The van der Waals surface area contributed by atoms with E-state index in [1.807, 2.05) is 67.6 Å². The van der Waals surface area contributed by atoms with Gasteiger partial charge in [-0.15, -0.1) is 0 Å². The molecule has 3 aromatic rings. The highest BCUT2D eigenvalue weighted by Crippen LogP contribution is 2.28. The molecular weight excluding hydrogens is 436 g/mol. The van der Waals surface area contributed by atoms with Crippen molar-refractivity contribution in [3.8, 4) is 5.75 Å². The molecule has 0 aliphatic rings. The SMILES string of the molecule is COc1ccc(C)cc1S(=O)(=O)N(CCc1ccccc1)CC(=O)NCCc1ccccc1. The van der Waals surface area contributed by atoms with Crippen molar-refractivity contribution in [1.29, 1.82) is 0 Å². The van der Waals surface area contributed by atoms with Gasteiger partial charge in [-0.05, 0) is 48.6 Å². The number of nitrogens with zero attached hydrogens (tertiary/aromatic N) is 1. The van der Waals surface area contributed by atoms with Crippen molar-refractivity contribution in [2.45, 2.75) is 24.7 Å². The number of rotatable bonds is 11. The molecule has 0 saturated heterocycles. The molecule has 0 spiro atoms. The van der Waals surface area contributed by atoms with Gasteiger partial charge in [0.15, 0.2) is 0 Å².